The van der Waals surface area contributed by atoms with Gasteiger partial charge in [-0.1, -0.05) is 29.0 Å². The van der Waals surface area contributed by atoms with Gasteiger partial charge in [-0.25, -0.2) is 17.8 Å². The van der Waals surface area contributed by atoms with Crippen molar-refractivity contribution in [2.75, 3.05) is 37.8 Å². The van der Waals surface area contributed by atoms with E-state index in [2.05, 4.69) is 4.98 Å². The zero-order valence-electron chi connectivity index (χ0n) is 17.9. The molecule has 0 fully saturated rings. The number of fused-ring (bicyclic) bond motifs is 1. The number of halogens is 2. The molecule has 3 aromatic rings. The number of carbonyl (C=O) groups is 1. The predicted octanol–water partition coefficient (Wildman–Crippen LogP) is 4.63. The van der Waals surface area contributed by atoms with Crippen molar-refractivity contribution in [1.29, 1.82) is 0 Å². The Labute approximate surface area is 196 Å². The molecule has 0 aliphatic rings. The highest BCUT2D eigenvalue weighted by Crippen LogP contribution is 2.33. The molecule has 1 aromatic heterocycles. The summed E-state index contributed by atoms with van der Waals surface area (Å²) < 4.78 is 38.9. The Kier molecular flexibility index (Phi) is 8.21. The van der Waals surface area contributed by atoms with Crippen LogP contribution in [0.4, 0.5) is 9.52 Å². The lowest BCUT2D eigenvalue weighted by Crippen LogP contribution is -2.33. The number of aromatic nitrogens is 1. The third kappa shape index (κ3) is 6.25. The van der Waals surface area contributed by atoms with E-state index < -0.39 is 15.7 Å². The summed E-state index contributed by atoms with van der Waals surface area (Å²) in [6, 6.07) is 10.2. The number of anilines is 1. The van der Waals surface area contributed by atoms with Crippen LogP contribution in [0.2, 0.25) is 5.02 Å². The Morgan fingerprint density at radius 1 is 1.09 bits per heavy atom. The third-order valence-corrected chi connectivity index (χ3v) is 8.02. The first-order chi connectivity index (χ1) is 15.2. The van der Waals surface area contributed by atoms with Crippen LogP contribution < -0.4 is 4.90 Å². The van der Waals surface area contributed by atoms with Gasteiger partial charge in [-0.05, 0) is 69.9 Å². The number of para-hydroxylation sites is 1. The smallest absolute Gasteiger partial charge is 0.228 e. The lowest BCUT2D eigenvalue weighted by molar-refractivity contribution is -0.118. The van der Waals surface area contributed by atoms with Crippen LogP contribution >= 0.6 is 22.9 Å². The number of sulfone groups is 1. The summed E-state index contributed by atoms with van der Waals surface area (Å²) >= 11 is 7.63. The molecule has 0 saturated carbocycles. The second kappa shape index (κ2) is 10.7. The fraction of sp³-hybridized carbons (Fsp3) is 0.364. The molecule has 3 rings (SSSR count). The second-order valence-corrected chi connectivity index (χ2v) is 11.2. The number of rotatable bonds is 10. The zero-order valence-corrected chi connectivity index (χ0v) is 20.3. The Bertz CT molecular complexity index is 1180. The summed E-state index contributed by atoms with van der Waals surface area (Å²) in [4.78, 5) is 21.3. The number of carbonyl (C=O) groups excluding carboxylic acids is 1. The van der Waals surface area contributed by atoms with Crippen molar-refractivity contribution in [3.05, 3.63) is 53.3 Å². The van der Waals surface area contributed by atoms with E-state index in [9.17, 15) is 17.6 Å². The van der Waals surface area contributed by atoms with E-state index in [0.29, 0.717) is 22.2 Å². The highest BCUT2D eigenvalue weighted by Gasteiger charge is 2.22. The van der Waals surface area contributed by atoms with Gasteiger partial charge in [0.2, 0.25) is 5.91 Å². The molecule has 0 saturated heterocycles. The quantitative estimate of drug-likeness (QED) is 0.382. The van der Waals surface area contributed by atoms with Crippen molar-refractivity contribution in [2.24, 2.45) is 0 Å². The molecule has 1 amide bonds. The van der Waals surface area contributed by atoms with Crippen molar-refractivity contribution in [3.8, 4) is 0 Å². The normalized spacial score (nSPS) is 11.9. The van der Waals surface area contributed by atoms with Crippen LogP contribution in [0.1, 0.15) is 19.3 Å². The Morgan fingerprint density at radius 2 is 1.81 bits per heavy atom. The molecule has 0 bridgehead atoms. The van der Waals surface area contributed by atoms with Gasteiger partial charge in [-0.15, -0.1) is 0 Å². The number of thiazole rings is 1. The summed E-state index contributed by atoms with van der Waals surface area (Å²) in [5.41, 5.74) is 0.651. The number of hydrogen-bond acceptors (Lipinski definition) is 6. The summed E-state index contributed by atoms with van der Waals surface area (Å²) in [6.45, 7) is 1.27. The monoisotopic (exact) mass is 497 g/mol. The topological polar surface area (TPSA) is 70.6 Å². The minimum Gasteiger partial charge on any atom is -0.309 e. The van der Waals surface area contributed by atoms with Crippen molar-refractivity contribution in [1.82, 2.24) is 9.88 Å². The van der Waals surface area contributed by atoms with Crippen LogP contribution in [0.5, 0.6) is 0 Å². The van der Waals surface area contributed by atoms with Gasteiger partial charge in [0.05, 0.1) is 20.4 Å². The van der Waals surface area contributed by atoms with E-state index in [0.717, 1.165) is 29.8 Å². The first-order valence-corrected chi connectivity index (χ1v) is 13.0. The van der Waals surface area contributed by atoms with E-state index in [-0.39, 0.29) is 29.4 Å². The molecule has 0 aliphatic carbocycles. The van der Waals surface area contributed by atoms with Crippen molar-refractivity contribution in [3.63, 3.8) is 0 Å². The van der Waals surface area contributed by atoms with Crippen LogP contribution in [0.25, 0.3) is 10.2 Å². The largest absolute Gasteiger partial charge is 0.309 e. The molecule has 2 aromatic carbocycles. The van der Waals surface area contributed by atoms with Crippen molar-refractivity contribution in [2.45, 2.75) is 24.2 Å². The van der Waals surface area contributed by atoms with Gasteiger partial charge in [-0.2, -0.15) is 0 Å². The van der Waals surface area contributed by atoms with Gasteiger partial charge >= 0.3 is 0 Å². The molecule has 0 aliphatic heterocycles. The summed E-state index contributed by atoms with van der Waals surface area (Å²) in [6.07, 6.45) is 0.969. The van der Waals surface area contributed by atoms with Crippen LogP contribution in [-0.4, -0.2) is 57.1 Å². The van der Waals surface area contributed by atoms with Gasteiger partial charge < -0.3 is 4.90 Å². The Balaban J connectivity index is 1.71. The molecule has 32 heavy (non-hydrogen) atoms. The maximum atomic E-state index is 13.1. The standard InChI is InChI=1S/C22H25ClFN3O3S2/c1-26(2)13-5-14-27(22-25-21-18(23)6-3-7-19(21)31-22)20(28)8-4-15-32(29,30)17-11-9-16(24)10-12-17/h3,6-7,9-12H,4-5,8,13-15H2,1-2H3. The first-order valence-electron chi connectivity index (χ1n) is 10.2. The molecular weight excluding hydrogens is 473 g/mol. The predicted molar refractivity (Wildman–Crippen MR) is 128 cm³/mol. The fourth-order valence-corrected chi connectivity index (χ4v) is 5.82. The Hall–Kier alpha value is -2.07. The van der Waals surface area contributed by atoms with Gasteiger partial charge in [-0.3, -0.25) is 9.69 Å². The lowest BCUT2D eigenvalue weighted by atomic mass is 10.3. The van der Waals surface area contributed by atoms with E-state index >= 15 is 0 Å². The van der Waals surface area contributed by atoms with E-state index in [1.807, 2.05) is 31.1 Å². The third-order valence-electron chi connectivity index (χ3n) is 4.85. The van der Waals surface area contributed by atoms with E-state index in [1.54, 1.807) is 11.0 Å². The maximum Gasteiger partial charge on any atom is 0.228 e. The summed E-state index contributed by atoms with van der Waals surface area (Å²) in [5.74, 6) is -0.877. The molecule has 0 unspecified atom stereocenters. The minimum absolute atomic E-state index is 0.0509. The SMILES string of the molecule is CN(C)CCCN(C(=O)CCCS(=O)(=O)c1ccc(F)cc1)c1nc2c(Cl)cccc2s1. The van der Waals surface area contributed by atoms with Gasteiger partial charge in [0.1, 0.15) is 11.3 Å². The van der Waals surface area contributed by atoms with Crippen LogP contribution in [0, 0.1) is 5.82 Å². The number of hydrogen-bond donors (Lipinski definition) is 0. The molecule has 10 heteroatoms. The molecule has 6 nitrogen and oxygen atoms in total. The summed E-state index contributed by atoms with van der Waals surface area (Å²) in [5, 5.41) is 1.08. The molecule has 0 radical (unpaired) electrons. The average Bonchev–Trinajstić information content (AvgIpc) is 3.16. The second-order valence-electron chi connectivity index (χ2n) is 7.66. The van der Waals surface area contributed by atoms with Crippen molar-refractivity contribution >= 4 is 54.0 Å². The van der Waals surface area contributed by atoms with E-state index in [1.165, 1.54) is 23.5 Å². The van der Waals surface area contributed by atoms with Gasteiger partial charge in [0.15, 0.2) is 15.0 Å². The van der Waals surface area contributed by atoms with Crippen LogP contribution in [0.3, 0.4) is 0 Å². The number of nitrogens with zero attached hydrogens (tertiary/aromatic N) is 3. The van der Waals surface area contributed by atoms with E-state index in [4.69, 9.17) is 11.6 Å². The molecular formula is C22H25ClFN3O3S2. The first kappa shape index (κ1) is 24.6. The van der Waals surface area contributed by atoms with Crippen LogP contribution in [0.15, 0.2) is 47.4 Å². The maximum absolute atomic E-state index is 13.1. The average molecular weight is 498 g/mol. The fourth-order valence-electron chi connectivity index (χ4n) is 3.20. The molecule has 0 N–H and O–H groups in total. The number of amides is 1. The molecule has 172 valence electrons. The van der Waals surface area contributed by atoms with Crippen LogP contribution in [-0.2, 0) is 14.6 Å². The number of benzene rings is 2. The molecule has 0 atom stereocenters. The lowest BCUT2D eigenvalue weighted by Gasteiger charge is -2.21. The van der Waals surface area contributed by atoms with Gasteiger partial charge in [0, 0.05) is 13.0 Å². The Morgan fingerprint density at radius 3 is 2.47 bits per heavy atom. The summed E-state index contributed by atoms with van der Waals surface area (Å²) in [7, 11) is 0.333. The highest BCUT2D eigenvalue weighted by molar-refractivity contribution is 7.91. The van der Waals surface area contributed by atoms with Gasteiger partial charge in [0.25, 0.3) is 0 Å². The molecule has 1 heterocycles. The molecule has 0 spiro atoms. The zero-order chi connectivity index (χ0) is 23.3. The highest BCUT2D eigenvalue weighted by atomic mass is 35.5. The minimum atomic E-state index is -3.59. The van der Waals surface area contributed by atoms with Crippen molar-refractivity contribution < 1.29 is 17.6 Å².